The Morgan fingerprint density at radius 3 is 2.33 bits per heavy atom. The number of nitrogens with zero attached hydrogens (tertiary/aromatic N) is 3. The lowest BCUT2D eigenvalue weighted by Crippen LogP contribution is -2.31. The van der Waals surface area contributed by atoms with E-state index in [0.29, 0.717) is 42.7 Å². The van der Waals surface area contributed by atoms with Gasteiger partial charge in [-0.3, -0.25) is 9.78 Å². The largest absolute Gasteiger partial charge is 0.497 e. The minimum Gasteiger partial charge on any atom is -0.497 e. The van der Waals surface area contributed by atoms with Crippen LogP contribution in [0.1, 0.15) is 58.9 Å². The first-order chi connectivity index (χ1) is 20.6. The first-order valence-corrected chi connectivity index (χ1v) is 13.5. The van der Waals surface area contributed by atoms with E-state index in [1.807, 2.05) is 0 Å². The van der Waals surface area contributed by atoms with Gasteiger partial charge in [-0.05, 0) is 73.6 Å². The molecule has 4 aromatic rings. The highest BCUT2D eigenvalue weighted by Crippen LogP contribution is 2.35. The molecule has 0 saturated heterocycles. The molecule has 2 heterocycles. The third-order valence-corrected chi connectivity index (χ3v) is 7.32. The number of alkyl halides is 3. The van der Waals surface area contributed by atoms with E-state index in [1.165, 1.54) is 13.2 Å². The summed E-state index contributed by atoms with van der Waals surface area (Å²) in [6.45, 7) is 0.251. The third kappa shape index (κ3) is 7.27. The van der Waals surface area contributed by atoms with Crippen molar-refractivity contribution in [3.8, 4) is 23.1 Å². The van der Waals surface area contributed by atoms with Gasteiger partial charge in [-0.1, -0.05) is 17.3 Å². The summed E-state index contributed by atoms with van der Waals surface area (Å²) in [6.07, 6.45) is -0.919. The lowest BCUT2D eigenvalue weighted by atomic mass is 9.81. The smallest absolute Gasteiger partial charge is 0.417 e. The van der Waals surface area contributed by atoms with Gasteiger partial charge in [0.15, 0.2) is 23.2 Å². The van der Waals surface area contributed by atoms with Gasteiger partial charge in [-0.25, -0.2) is 8.78 Å². The van der Waals surface area contributed by atoms with Crippen LogP contribution in [0.5, 0.6) is 11.5 Å². The number of hydrogen-bond acceptors (Lipinski definition) is 7. The van der Waals surface area contributed by atoms with Crippen LogP contribution in [0.4, 0.5) is 22.0 Å². The summed E-state index contributed by atoms with van der Waals surface area (Å²) >= 11 is 0. The number of ether oxygens (including phenoxy) is 2. The maximum Gasteiger partial charge on any atom is 0.417 e. The van der Waals surface area contributed by atoms with Crippen LogP contribution in [-0.4, -0.2) is 34.7 Å². The van der Waals surface area contributed by atoms with Crippen LogP contribution in [0, 0.1) is 17.6 Å². The van der Waals surface area contributed by atoms with Crippen LogP contribution in [0.2, 0.25) is 0 Å². The first kappa shape index (κ1) is 29.9. The van der Waals surface area contributed by atoms with Gasteiger partial charge >= 0.3 is 6.18 Å². The summed E-state index contributed by atoms with van der Waals surface area (Å²) in [4.78, 5) is 20.7. The van der Waals surface area contributed by atoms with Crippen LogP contribution in [-0.2, 0) is 12.8 Å². The van der Waals surface area contributed by atoms with Crippen LogP contribution in [0.15, 0.2) is 59.3 Å². The monoisotopic (exact) mass is 602 g/mol. The molecule has 0 bridgehead atoms. The Hall–Kier alpha value is -4.55. The zero-order valence-corrected chi connectivity index (χ0v) is 23.0. The SMILES string of the molecule is COc1ccc(COc2c(F)cc(C(=O)NCC3CCC(c4noc(-c5ccc(C(F)(F)F)cn5)n4)CC3)cc2F)cc1. The van der Waals surface area contributed by atoms with Crippen molar-refractivity contribution in [2.24, 2.45) is 5.92 Å². The number of carbonyl (C=O) groups is 1. The number of nitrogens with one attached hydrogen (secondary N) is 1. The predicted octanol–water partition coefficient (Wildman–Crippen LogP) is 6.72. The number of halogens is 5. The molecule has 1 aliphatic carbocycles. The summed E-state index contributed by atoms with van der Waals surface area (Å²) in [6, 6.07) is 10.8. The second-order valence-corrected chi connectivity index (χ2v) is 10.2. The summed E-state index contributed by atoms with van der Waals surface area (Å²) in [7, 11) is 1.53. The molecular formula is C30H27F5N4O4. The number of rotatable bonds is 9. The fourth-order valence-electron chi connectivity index (χ4n) is 4.86. The summed E-state index contributed by atoms with van der Waals surface area (Å²) in [5.74, 6) is -1.90. The van der Waals surface area contributed by atoms with E-state index in [9.17, 15) is 26.7 Å². The molecule has 0 spiro atoms. The van der Waals surface area contributed by atoms with Gasteiger partial charge in [0.25, 0.3) is 11.8 Å². The van der Waals surface area contributed by atoms with Crippen molar-refractivity contribution in [3.63, 3.8) is 0 Å². The molecule has 8 nitrogen and oxygen atoms in total. The topological polar surface area (TPSA) is 99.4 Å². The van der Waals surface area contributed by atoms with Crippen molar-refractivity contribution in [2.75, 3.05) is 13.7 Å². The van der Waals surface area contributed by atoms with Crippen molar-refractivity contribution in [1.82, 2.24) is 20.4 Å². The van der Waals surface area contributed by atoms with E-state index in [4.69, 9.17) is 14.0 Å². The number of carbonyl (C=O) groups excluding carboxylic acids is 1. The molecule has 1 fully saturated rings. The van der Waals surface area contributed by atoms with Gasteiger partial charge in [-0.15, -0.1) is 0 Å². The Balaban J connectivity index is 1.10. The second kappa shape index (κ2) is 12.8. The van der Waals surface area contributed by atoms with E-state index < -0.39 is 35.0 Å². The van der Waals surface area contributed by atoms with Crippen LogP contribution in [0.25, 0.3) is 11.6 Å². The Kier molecular flexibility index (Phi) is 8.88. The van der Waals surface area contributed by atoms with Gasteiger partial charge in [0, 0.05) is 24.2 Å². The number of benzene rings is 2. The standard InChI is InChI=1S/C30H27F5N4O4/c1-41-22-9-4-18(5-10-22)16-42-26-23(31)12-20(13-24(26)32)28(40)37-14-17-2-6-19(7-3-17)27-38-29(43-39-27)25-11-8-21(15-36-25)30(33,34)35/h4-5,8-13,15,17,19H,2-3,6-7,14,16H2,1H3,(H,37,40). The summed E-state index contributed by atoms with van der Waals surface area (Å²) in [5.41, 5.74) is -0.194. The number of pyridine rings is 1. The maximum atomic E-state index is 14.6. The summed E-state index contributed by atoms with van der Waals surface area (Å²) < 4.78 is 83.2. The molecule has 0 radical (unpaired) electrons. The highest BCUT2D eigenvalue weighted by molar-refractivity contribution is 5.94. The fraction of sp³-hybridized carbons (Fsp3) is 0.333. The average Bonchev–Trinajstić information content (AvgIpc) is 3.50. The Labute approximate surface area is 243 Å². The van der Waals surface area contributed by atoms with Crippen LogP contribution < -0.4 is 14.8 Å². The quantitative estimate of drug-likeness (QED) is 0.212. The van der Waals surface area contributed by atoms with E-state index in [2.05, 4.69) is 20.4 Å². The fourth-order valence-corrected chi connectivity index (χ4v) is 4.86. The van der Waals surface area contributed by atoms with Crippen molar-refractivity contribution in [2.45, 2.75) is 44.4 Å². The molecule has 0 atom stereocenters. The highest BCUT2D eigenvalue weighted by Gasteiger charge is 2.31. The molecule has 2 aromatic carbocycles. The lowest BCUT2D eigenvalue weighted by molar-refractivity contribution is -0.137. The minimum absolute atomic E-state index is 0.0208. The Bertz CT molecular complexity index is 1530. The number of methoxy groups -OCH3 is 1. The maximum absolute atomic E-state index is 14.6. The Morgan fingerprint density at radius 1 is 1.02 bits per heavy atom. The van der Waals surface area contributed by atoms with Crippen molar-refractivity contribution in [1.29, 1.82) is 0 Å². The van der Waals surface area contributed by atoms with E-state index in [0.717, 1.165) is 31.0 Å². The van der Waals surface area contributed by atoms with E-state index >= 15 is 0 Å². The molecule has 0 unspecified atom stereocenters. The van der Waals surface area contributed by atoms with Gasteiger partial charge in [-0.2, -0.15) is 18.2 Å². The first-order valence-electron chi connectivity index (χ1n) is 13.5. The number of aromatic nitrogens is 3. The van der Waals surface area contributed by atoms with Crippen LogP contribution in [0.3, 0.4) is 0 Å². The second-order valence-electron chi connectivity index (χ2n) is 10.2. The van der Waals surface area contributed by atoms with Crippen molar-refractivity contribution >= 4 is 5.91 Å². The summed E-state index contributed by atoms with van der Waals surface area (Å²) in [5, 5.41) is 6.73. The van der Waals surface area contributed by atoms with E-state index in [1.54, 1.807) is 24.3 Å². The van der Waals surface area contributed by atoms with Crippen molar-refractivity contribution < 1.29 is 40.7 Å². The zero-order chi connectivity index (χ0) is 30.6. The molecule has 1 N–H and O–H groups in total. The molecular weight excluding hydrogens is 575 g/mol. The minimum atomic E-state index is -4.49. The predicted molar refractivity (Wildman–Crippen MR) is 143 cm³/mol. The lowest BCUT2D eigenvalue weighted by Gasteiger charge is -2.26. The molecule has 5 rings (SSSR count). The normalized spacial score (nSPS) is 17.0. The molecule has 1 saturated carbocycles. The van der Waals surface area contributed by atoms with Gasteiger partial charge in [0.2, 0.25) is 0 Å². The molecule has 0 aliphatic heterocycles. The molecule has 226 valence electrons. The van der Waals surface area contributed by atoms with Gasteiger partial charge in [0.05, 0.1) is 12.7 Å². The van der Waals surface area contributed by atoms with Gasteiger partial charge < -0.3 is 19.3 Å². The zero-order valence-electron chi connectivity index (χ0n) is 23.0. The molecule has 2 aromatic heterocycles. The molecule has 13 heteroatoms. The number of amides is 1. The Morgan fingerprint density at radius 2 is 1.72 bits per heavy atom. The van der Waals surface area contributed by atoms with Crippen molar-refractivity contribution in [3.05, 3.63) is 88.9 Å². The van der Waals surface area contributed by atoms with E-state index in [-0.39, 0.29) is 35.6 Å². The number of hydrogen-bond donors (Lipinski definition) is 1. The van der Waals surface area contributed by atoms with Gasteiger partial charge in [0.1, 0.15) is 18.1 Å². The molecule has 1 amide bonds. The highest BCUT2D eigenvalue weighted by atomic mass is 19.4. The average molecular weight is 603 g/mol. The molecule has 43 heavy (non-hydrogen) atoms. The van der Waals surface area contributed by atoms with Crippen LogP contribution >= 0.6 is 0 Å². The third-order valence-electron chi connectivity index (χ3n) is 7.32. The molecule has 1 aliphatic rings.